The minimum Gasteiger partial charge on any atom is -0.460 e. The molecule has 0 saturated carbocycles. The van der Waals surface area contributed by atoms with E-state index in [9.17, 15) is 9.90 Å². The molecule has 1 saturated heterocycles. The molecule has 1 atom stereocenters. The number of aliphatic hydroxyl groups is 1. The van der Waals surface area contributed by atoms with Crippen LogP contribution in [0.25, 0.3) is 0 Å². The highest BCUT2D eigenvalue weighted by molar-refractivity contribution is 5.70. The highest BCUT2D eigenvalue weighted by Crippen LogP contribution is 2.34. The molecule has 0 aromatic carbocycles. The third-order valence-electron chi connectivity index (χ3n) is 3.05. The molecule has 1 aliphatic heterocycles. The van der Waals surface area contributed by atoms with Crippen LogP contribution in [0.4, 0.5) is 0 Å². The second-order valence-electron chi connectivity index (χ2n) is 5.89. The molecule has 17 heavy (non-hydrogen) atoms. The molecule has 4 nitrogen and oxygen atoms in total. The molecule has 1 N–H and O–H groups in total. The summed E-state index contributed by atoms with van der Waals surface area (Å²) in [5.74, 6) is -0.228. The third-order valence-corrected chi connectivity index (χ3v) is 3.05. The van der Waals surface area contributed by atoms with E-state index in [0.717, 1.165) is 25.9 Å². The lowest BCUT2D eigenvalue weighted by molar-refractivity contribution is -0.158. The molecule has 1 unspecified atom stereocenters. The van der Waals surface area contributed by atoms with Crippen LogP contribution in [0.1, 0.15) is 46.5 Å². The third kappa shape index (κ3) is 5.04. The first-order valence-corrected chi connectivity index (χ1v) is 6.27. The number of aliphatic hydroxyl groups excluding tert-OH is 1. The Labute approximate surface area is 103 Å². The van der Waals surface area contributed by atoms with Crippen LogP contribution in [0.3, 0.4) is 0 Å². The molecule has 1 heterocycles. The second-order valence-corrected chi connectivity index (χ2v) is 5.89. The van der Waals surface area contributed by atoms with Crippen molar-refractivity contribution in [2.45, 2.75) is 52.1 Å². The fourth-order valence-electron chi connectivity index (χ4n) is 2.14. The number of rotatable bonds is 3. The van der Waals surface area contributed by atoms with Crippen molar-refractivity contribution in [3.8, 4) is 0 Å². The molecule has 0 radical (unpaired) electrons. The molecule has 0 amide bonds. The lowest BCUT2D eigenvalue weighted by Crippen LogP contribution is -2.33. The van der Waals surface area contributed by atoms with Gasteiger partial charge in [0.15, 0.2) is 0 Å². The van der Waals surface area contributed by atoms with Gasteiger partial charge in [-0.1, -0.05) is 0 Å². The molecule has 1 fully saturated rings. The van der Waals surface area contributed by atoms with Crippen molar-refractivity contribution < 1.29 is 19.4 Å². The van der Waals surface area contributed by atoms with Gasteiger partial charge >= 0.3 is 5.97 Å². The molecule has 0 aromatic rings. The van der Waals surface area contributed by atoms with Crippen LogP contribution in [-0.2, 0) is 14.3 Å². The summed E-state index contributed by atoms with van der Waals surface area (Å²) in [7, 11) is 0. The summed E-state index contributed by atoms with van der Waals surface area (Å²) in [5.41, 5.74) is -0.812. The van der Waals surface area contributed by atoms with E-state index in [2.05, 4.69) is 0 Å². The van der Waals surface area contributed by atoms with Crippen LogP contribution in [0.2, 0.25) is 0 Å². The van der Waals surface area contributed by atoms with E-state index in [-0.39, 0.29) is 24.4 Å². The number of carbonyl (C=O) groups excluding carboxylic acids is 1. The van der Waals surface area contributed by atoms with Crippen molar-refractivity contribution in [2.75, 3.05) is 19.8 Å². The molecule has 4 heteroatoms. The number of ether oxygens (including phenoxy) is 2. The van der Waals surface area contributed by atoms with Crippen molar-refractivity contribution in [2.24, 2.45) is 5.41 Å². The van der Waals surface area contributed by atoms with E-state index in [1.54, 1.807) is 0 Å². The summed E-state index contributed by atoms with van der Waals surface area (Å²) < 4.78 is 10.7. The smallest absolute Gasteiger partial charge is 0.306 e. The summed E-state index contributed by atoms with van der Waals surface area (Å²) in [6.07, 6.45) is 2.72. The second kappa shape index (κ2) is 5.83. The number of esters is 1. The van der Waals surface area contributed by atoms with E-state index in [4.69, 9.17) is 9.47 Å². The van der Waals surface area contributed by atoms with Gasteiger partial charge in [-0.05, 0) is 40.0 Å². The molecule has 1 rings (SSSR count). The van der Waals surface area contributed by atoms with Crippen LogP contribution in [0.5, 0.6) is 0 Å². The lowest BCUT2D eigenvalue weighted by atomic mass is 9.78. The van der Waals surface area contributed by atoms with Gasteiger partial charge < -0.3 is 14.6 Å². The minimum absolute atomic E-state index is 0.0234. The Kier molecular flexibility index (Phi) is 4.95. The Hall–Kier alpha value is -0.610. The molecule has 0 bridgehead atoms. The highest BCUT2D eigenvalue weighted by atomic mass is 16.6. The monoisotopic (exact) mass is 244 g/mol. The number of hydrogen-bond acceptors (Lipinski definition) is 4. The quantitative estimate of drug-likeness (QED) is 0.770. The summed E-state index contributed by atoms with van der Waals surface area (Å²) in [6, 6.07) is 0. The van der Waals surface area contributed by atoms with Gasteiger partial charge in [0.05, 0.1) is 6.42 Å². The SMILES string of the molecule is CC(C)(C)OC(=O)CC1(CO)CCCOCC1. The van der Waals surface area contributed by atoms with E-state index in [1.165, 1.54) is 0 Å². The van der Waals surface area contributed by atoms with Crippen LogP contribution in [0, 0.1) is 5.41 Å². The van der Waals surface area contributed by atoms with Gasteiger partial charge in [-0.15, -0.1) is 0 Å². The maximum Gasteiger partial charge on any atom is 0.306 e. The average Bonchev–Trinajstić information content (AvgIpc) is 2.41. The van der Waals surface area contributed by atoms with Crippen molar-refractivity contribution in [3.05, 3.63) is 0 Å². The Morgan fingerprint density at radius 1 is 1.35 bits per heavy atom. The molecule has 0 spiro atoms. The van der Waals surface area contributed by atoms with Crippen LogP contribution in [-0.4, -0.2) is 36.5 Å². The summed E-state index contributed by atoms with van der Waals surface area (Å²) in [5, 5.41) is 9.55. The summed E-state index contributed by atoms with van der Waals surface area (Å²) in [4.78, 5) is 11.8. The lowest BCUT2D eigenvalue weighted by Gasteiger charge is -2.30. The molecular formula is C13H24O4. The van der Waals surface area contributed by atoms with E-state index in [0.29, 0.717) is 6.61 Å². The predicted molar refractivity (Wildman–Crippen MR) is 64.7 cm³/mol. The van der Waals surface area contributed by atoms with Crippen molar-refractivity contribution in [3.63, 3.8) is 0 Å². The molecular weight excluding hydrogens is 220 g/mol. The van der Waals surface area contributed by atoms with Crippen molar-refractivity contribution in [1.29, 1.82) is 0 Å². The molecule has 0 aliphatic carbocycles. The first kappa shape index (κ1) is 14.5. The Morgan fingerprint density at radius 2 is 2.06 bits per heavy atom. The zero-order valence-corrected chi connectivity index (χ0v) is 11.1. The van der Waals surface area contributed by atoms with Gasteiger partial charge in [-0.3, -0.25) is 4.79 Å². The normalized spacial score (nSPS) is 26.4. The highest BCUT2D eigenvalue weighted by Gasteiger charge is 2.34. The predicted octanol–water partition coefficient (Wildman–Crippen LogP) is 1.90. The first-order chi connectivity index (χ1) is 7.87. The number of hydrogen-bond donors (Lipinski definition) is 1. The minimum atomic E-state index is -0.463. The van der Waals surface area contributed by atoms with Gasteiger partial charge in [0, 0.05) is 25.2 Å². The maximum absolute atomic E-state index is 11.8. The van der Waals surface area contributed by atoms with Crippen molar-refractivity contribution in [1.82, 2.24) is 0 Å². The van der Waals surface area contributed by atoms with Gasteiger partial charge in [0.25, 0.3) is 0 Å². The Balaban J connectivity index is 2.58. The van der Waals surface area contributed by atoms with Gasteiger partial charge in [0.1, 0.15) is 5.60 Å². The maximum atomic E-state index is 11.8. The zero-order chi connectivity index (χ0) is 12.9. The Morgan fingerprint density at radius 3 is 2.65 bits per heavy atom. The first-order valence-electron chi connectivity index (χ1n) is 6.27. The van der Waals surface area contributed by atoms with Crippen LogP contribution < -0.4 is 0 Å². The largest absolute Gasteiger partial charge is 0.460 e. The van der Waals surface area contributed by atoms with Crippen LogP contribution >= 0.6 is 0 Å². The van der Waals surface area contributed by atoms with Gasteiger partial charge in [0.2, 0.25) is 0 Å². The molecule has 100 valence electrons. The molecule has 1 aliphatic rings. The van der Waals surface area contributed by atoms with E-state index >= 15 is 0 Å². The van der Waals surface area contributed by atoms with Gasteiger partial charge in [-0.2, -0.15) is 0 Å². The topological polar surface area (TPSA) is 55.8 Å². The number of carbonyl (C=O) groups is 1. The zero-order valence-electron chi connectivity index (χ0n) is 11.1. The van der Waals surface area contributed by atoms with Crippen LogP contribution in [0.15, 0.2) is 0 Å². The van der Waals surface area contributed by atoms with Gasteiger partial charge in [-0.25, -0.2) is 0 Å². The van der Waals surface area contributed by atoms with E-state index < -0.39 is 5.60 Å². The van der Waals surface area contributed by atoms with Crippen molar-refractivity contribution >= 4 is 5.97 Å². The fraction of sp³-hybridized carbons (Fsp3) is 0.923. The van der Waals surface area contributed by atoms with E-state index in [1.807, 2.05) is 20.8 Å². The fourth-order valence-corrected chi connectivity index (χ4v) is 2.14. The Bertz CT molecular complexity index is 247. The average molecular weight is 244 g/mol. The standard InChI is InChI=1S/C13H24O4/c1-12(2,3)17-11(15)9-13(10-14)5-4-7-16-8-6-13/h14H,4-10H2,1-3H3. The summed E-state index contributed by atoms with van der Waals surface area (Å²) in [6.45, 7) is 6.92. The molecule has 0 aromatic heterocycles. The summed E-state index contributed by atoms with van der Waals surface area (Å²) >= 11 is 0.